The van der Waals surface area contributed by atoms with Crippen LogP contribution in [0.4, 0.5) is 13.2 Å². The molecule has 1 aliphatic carbocycles. The summed E-state index contributed by atoms with van der Waals surface area (Å²) in [5.41, 5.74) is 0.0945. The minimum atomic E-state index is -4.48. The van der Waals surface area contributed by atoms with Crippen molar-refractivity contribution in [2.24, 2.45) is 16.8 Å². The first-order valence-electron chi connectivity index (χ1n) is 14.1. The predicted molar refractivity (Wildman–Crippen MR) is 146 cm³/mol. The number of carboxylic acids is 1. The molecule has 4 rings (SSSR count). The molecule has 42 heavy (non-hydrogen) atoms. The summed E-state index contributed by atoms with van der Waals surface area (Å²) in [6.07, 6.45) is -1.14. The molecule has 2 amide bonds. The molecule has 2 aromatic carbocycles. The summed E-state index contributed by atoms with van der Waals surface area (Å²) in [5, 5.41) is 13.2. The van der Waals surface area contributed by atoms with Crippen molar-refractivity contribution in [1.29, 1.82) is 0 Å². The first-order chi connectivity index (χ1) is 19.4. The normalized spacial score (nSPS) is 21.2. The van der Waals surface area contributed by atoms with Gasteiger partial charge >= 0.3 is 35.7 Å². The van der Waals surface area contributed by atoms with Crippen LogP contribution in [0.1, 0.15) is 92.4 Å². The first kappa shape index (κ1) is 33.8. The Morgan fingerprint density at radius 2 is 1.67 bits per heavy atom. The van der Waals surface area contributed by atoms with Gasteiger partial charge in [-0.3, -0.25) is 14.6 Å². The third kappa shape index (κ3) is 7.26. The van der Waals surface area contributed by atoms with E-state index in [9.17, 15) is 32.7 Å². The van der Waals surface area contributed by atoms with E-state index in [1.165, 1.54) is 12.1 Å². The summed E-state index contributed by atoms with van der Waals surface area (Å²) >= 11 is 0. The van der Waals surface area contributed by atoms with E-state index in [2.05, 4.69) is 19.2 Å². The molecule has 0 unspecified atom stereocenters. The van der Waals surface area contributed by atoms with Crippen LogP contribution in [0.5, 0.6) is 0 Å². The van der Waals surface area contributed by atoms with Crippen LogP contribution in [0.3, 0.4) is 0 Å². The summed E-state index contributed by atoms with van der Waals surface area (Å²) in [5.74, 6) is -1.000. The predicted octanol–water partition coefficient (Wildman–Crippen LogP) is 1.90. The smallest absolute Gasteiger partial charge is 0.550 e. The number of benzene rings is 2. The SMILES string of the molecule is CC[C@H](c1ccc(C(=O)NCCC(=O)[O-])cc1)N1C(=O)C(c2ccc(C(F)(F)F)cc2)=NC12CCC(C(C)C)CC2.[Na+]. The van der Waals surface area contributed by atoms with E-state index in [-0.39, 0.29) is 60.2 Å². The van der Waals surface area contributed by atoms with Crippen LogP contribution < -0.4 is 40.0 Å². The molecule has 220 valence electrons. The second-order valence-corrected chi connectivity index (χ2v) is 11.2. The Morgan fingerprint density at radius 1 is 1.07 bits per heavy atom. The maximum atomic E-state index is 14.1. The van der Waals surface area contributed by atoms with Crippen LogP contribution in [-0.4, -0.2) is 40.6 Å². The van der Waals surface area contributed by atoms with Crippen LogP contribution in [-0.2, 0) is 15.8 Å². The molecule has 1 heterocycles. The van der Waals surface area contributed by atoms with Crippen LogP contribution in [0, 0.1) is 11.8 Å². The molecule has 0 aromatic heterocycles. The summed E-state index contributed by atoms with van der Waals surface area (Å²) in [6, 6.07) is 11.0. The minimum Gasteiger partial charge on any atom is -0.550 e. The van der Waals surface area contributed by atoms with Gasteiger partial charge in [-0.25, -0.2) is 0 Å². The van der Waals surface area contributed by atoms with Crippen molar-refractivity contribution in [3.8, 4) is 0 Å². The van der Waals surface area contributed by atoms with Crippen molar-refractivity contribution in [2.45, 2.75) is 77.2 Å². The van der Waals surface area contributed by atoms with E-state index in [4.69, 9.17) is 4.99 Å². The van der Waals surface area contributed by atoms with Crippen LogP contribution in [0.2, 0.25) is 0 Å². The van der Waals surface area contributed by atoms with Crippen molar-refractivity contribution in [3.05, 3.63) is 70.8 Å². The van der Waals surface area contributed by atoms with E-state index >= 15 is 0 Å². The Morgan fingerprint density at radius 3 is 2.17 bits per heavy atom. The van der Waals surface area contributed by atoms with Gasteiger partial charge in [-0.05, 0) is 73.8 Å². The number of nitrogens with zero attached hydrogens (tertiary/aromatic N) is 2. The number of carbonyl (C=O) groups is 3. The molecule has 1 spiro atoms. The topological polar surface area (TPSA) is 102 Å². The minimum absolute atomic E-state index is 0. The molecule has 1 aliphatic heterocycles. The molecule has 1 N–H and O–H groups in total. The van der Waals surface area contributed by atoms with E-state index in [0.717, 1.165) is 30.5 Å². The van der Waals surface area contributed by atoms with Crippen molar-refractivity contribution in [3.63, 3.8) is 0 Å². The second-order valence-electron chi connectivity index (χ2n) is 11.2. The molecule has 1 atom stereocenters. The van der Waals surface area contributed by atoms with Gasteiger partial charge in [0.2, 0.25) is 0 Å². The fraction of sp³-hybridized carbons (Fsp3) is 0.484. The Hall–Kier alpha value is -2.69. The number of amides is 2. The summed E-state index contributed by atoms with van der Waals surface area (Å²) in [6.45, 7) is 6.28. The van der Waals surface area contributed by atoms with Crippen molar-refractivity contribution in [1.82, 2.24) is 10.2 Å². The average molecular weight is 594 g/mol. The molecule has 0 saturated heterocycles. The Balaban J connectivity index is 0.00000484. The van der Waals surface area contributed by atoms with E-state index < -0.39 is 29.3 Å². The third-order valence-corrected chi connectivity index (χ3v) is 8.32. The number of nitrogens with one attached hydrogen (secondary N) is 1. The van der Waals surface area contributed by atoms with Crippen LogP contribution in [0.15, 0.2) is 53.5 Å². The summed E-state index contributed by atoms with van der Waals surface area (Å²) in [7, 11) is 0. The van der Waals surface area contributed by atoms with Gasteiger partial charge in [0.05, 0.1) is 11.6 Å². The monoisotopic (exact) mass is 593 g/mol. The van der Waals surface area contributed by atoms with E-state index in [1.807, 2.05) is 11.8 Å². The van der Waals surface area contributed by atoms with Crippen LogP contribution >= 0.6 is 0 Å². The molecule has 2 aromatic rings. The van der Waals surface area contributed by atoms with Gasteiger partial charge in [-0.2, -0.15) is 13.2 Å². The van der Waals surface area contributed by atoms with Crippen molar-refractivity contribution >= 4 is 23.5 Å². The fourth-order valence-corrected chi connectivity index (χ4v) is 5.98. The van der Waals surface area contributed by atoms with Gasteiger partial charge < -0.3 is 20.1 Å². The standard InChI is InChI=1S/C31H36F3N3O4.Na/c1-4-25(21-5-7-23(8-6-21)28(40)35-18-15-26(38)39)37-29(41)27(22-9-11-24(12-10-22)31(32,33)34)36-30(37)16-13-20(14-17-30)19(2)3;/h5-12,19-20,25H,4,13-18H2,1-3H3,(H,35,40)(H,38,39);/q;+1/p-1/t20?,25-,30?;/m1./s1. The zero-order valence-corrected chi connectivity index (χ0v) is 26.5. The molecule has 7 nitrogen and oxygen atoms in total. The van der Waals surface area contributed by atoms with E-state index in [1.54, 1.807) is 24.3 Å². The number of alkyl halides is 3. The molecular formula is C31H35F3N3NaO4. The molecule has 11 heteroatoms. The zero-order chi connectivity index (χ0) is 29.9. The Bertz CT molecular complexity index is 1300. The maximum absolute atomic E-state index is 14.1. The number of aliphatic carboxylic acids is 1. The molecular weight excluding hydrogens is 558 g/mol. The van der Waals surface area contributed by atoms with Gasteiger partial charge in [0.15, 0.2) is 0 Å². The van der Waals surface area contributed by atoms with Gasteiger partial charge in [-0.15, -0.1) is 0 Å². The number of hydrogen-bond acceptors (Lipinski definition) is 5. The van der Waals surface area contributed by atoms with Crippen LogP contribution in [0.25, 0.3) is 0 Å². The quantitative estimate of drug-likeness (QED) is 0.449. The molecule has 2 aliphatic rings. The number of carbonyl (C=O) groups excluding carboxylic acids is 3. The van der Waals surface area contributed by atoms with Gasteiger partial charge in [0.25, 0.3) is 11.8 Å². The Kier molecular flexibility index (Phi) is 11.1. The largest absolute Gasteiger partial charge is 1.00 e. The van der Waals surface area contributed by atoms with Gasteiger partial charge in [0, 0.05) is 30.1 Å². The zero-order valence-electron chi connectivity index (χ0n) is 24.5. The molecule has 1 saturated carbocycles. The number of hydrogen-bond donors (Lipinski definition) is 1. The maximum Gasteiger partial charge on any atom is 1.00 e. The Labute approximate surface area is 266 Å². The molecule has 0 bridgehead atoms. The number of halogens is 3. The number of aliphatic imine (C=N–C) groups is 1. The number of rotatable bonds is 9. The van der Waals surface area contributed by atoms with Crippen molar-refractivity contribution < 1.29 is 62.2 Å². The van der Waals surface area contributed by atoms with Gasteiger partial charge in [-0.1, -0.05) is 45.0 Å². The summed E-state index contributed by atoms with van der Waals surface area (Å²) in [4.78, 5) is 43.9. The molecule has 0 radical (unpaired) electrons. The van der Waals surface area contributed by atoms with Crippen molar-refractivity contribution in [2.75, 3.05) is 6.54 Å². The first-order valence-corrected chi connectivity index (χ1v) is 14.1. The summed E-state index contributed by atoms with van der Waals surface area (Å²) < 4.78 is 39.5. The fourth-order valence-electron chi connectivity index (χ4n) is 5.98. The number of carboxylic acid groups (broad SMARTS) is 1. The third-order valence-electron chi connectivity index (χ3n) is 8.32. The van der Waals surface area contributed by atoms with E-state index in [0.29, 0.717) is 42.2 Å². The van der Waals surface area contributed by atoms with Gasteiger partial charge in [0.1, 0.15) is 11.4 Å². The second kappa shape index (κ2) is 13.7. The molecule has 1 fully saturated rings. The average Bonchev–Trinajstić information content (AvgIpc) is 3.20.